The van der Waals surface area contributed by atoms with Crippen LogP contribution in [-0.4, -0.2) is 191 Å². The van der Waals surface area contributed by atoms with E-state index in [0.29, 0.717) is 101 Å². The van der Waals surface area contributed by atoms with E-state index in [9.17, 15) is 39.4 Å². The Bertz CT molecular complexity index is 3000. The highest BCUT2D eigenvalue weighted by atomic mass is 32.2. The van der Waals surface area contributed by atoms with Crippen LogP contribution in [0, 0.1) is 20.2 Å². The van der Waals surface area contributed by atoms with Crippen LogP contribution in [0.25, 0.3) is 12.2 Å². The Labute approximate surface area is 556 Å². The molecule has 7 rings (SSSR count). The van der Waals surface area contributed by atoms with Gasteiger partial charge in [0.25, 0.3) is 23.2 Å². The zero-order chi connectivity index (χ0) is 66.1. The standard InChI is InChI=1S/C66H86N6O16S4/c1-9-89-65(90-10-2)49-19-17-29-69(49)63(75)47-41-57(83-7)59(43-51(47)71(77)78)87-37-15-13-35-85-53-25-21-45(39-55(53)81-5)23-27-61(73)67-31-33-68(34-32-67)62(74)28-24-46-22-26-54(56(40-46)82-6)86-36-14-16-38-88-60-44-52(72(79)80)48(42-58(60)84-8)64(76)70-30-18-20-50(70)66(91-11-3)92-12-4/h21-28,39-44,49-50,65-66H,9-20,29-38H2,1-8H3/b27-23+,28-24+/t49-,50-/m0/s1. The molecule has 500 valence electrons. The van der Waals surface area contributed by atoms with Crippen LogP contribution in [0.15, 0.2) is 72.8 Å². The first kappa shape index (κ1) is 72.3. The molecule has 0 aliphatic carbocycles. The molecule has 3 saturated heterocycles. The lowest BCUT2D eigenvalue weighted by atomic mass is 10.1. The number of likely N-dealkylation sites (tertiary alicyclic amines) is 2. The Morgan fingerprint density at radius 3 is 1.12 bits per heavy atom. The fourth-order valence-electron chi connectivity index (χ4n) is 11.1. The monoisotopic (exact) mass is 1350 g/mol. The summed E-state index contributed by atoms with van der Waals surface area (Å²) in [6.45, 7) is 12.0. The van der Waals surface area contributed by atoms with Gasteiger partial charge in [-0.1, -0.05) is 39.8 Å². The molecule has 2 atom stereocenters. The van der Waals surface area contributed by atoms with E-state index in [4.69, 9.17) is 37.9 Å². The Morgan fingerprint density at radius 1 is 0.478 bits per heavy atom. The Kier molecular flexibility index (Phi) is 29.0. The fraction of sp³-hybridized carbons (Fsp3) is 0.515. The molecule has 0 bridgehead atoms. The lowest BCUT2D eigenvalue weighted by molar-refractivity contribution is -0.385. The highest BCUT2D eigenvalue weighted by molar-refractivity contribution is 8.17. The third kappa shape index (κ3) is 19.5. The van der Waals surface area contributed by atoms with Gasteiger partial charge in [-0.25, -0.2) is 0 Å². The molecular weight excluding hydrogens is 1260 g/mol. The van der Waals surface area contributed by atoms with E-state index < -0.39 is 9.85 Å². The highest BCUT2D eigenvalue weighted by Crippen LogP contribution is 2.42. The number of nitro groups is 2. The van der Waals surface area contributed by atoms with E-state index in [2.05, 4.69) is 27.7 Å². The predicted octanol–water partition coefficient (Wildman–Crippen LogP) is 12.3. The van der Waals surface area contributed by atoms with Gasteiger partial charge < -0.3 is 57.5 Å². The fourth-order valence-corrected chi connectivity index (χ4v) is 16.8. The maximum Gasteiger partial charge on any atom is 0.286 e. The first-order valence-corrected chi connectivity index (χ1v) is 35.4. The number of hydrogen-bond donors (Lipinski definition) is 0. The molecule has 0 N–H and O–H groups in total. The molecule has 3 aliphatic rings. The normalized spacial score (nSPS) is 15.8. The van der Waals surface area contributed by atoms with Crippen LogP contribution in [0.1, 0.15) is 111 Å². The molecule has 0 spiro atoms. The van der Waals surface area contributed by atoms with Gasteiger partial charge in [0.05, 0.1) is 98.1 Å². The summed E-state index contributed by atoms with van der Waals surface area (Å²) in [5.41, 5.74) is 0.753. The lowest BCUT2D eigenvalue weighted by Gasteiger charge is -2.33. The van der Waals surface area contributed by atoms with Gasteiger partial charge in [0.1, 0.15) is 11.1 Å². The van der Waals surface area contributed by atoms with Crippen molar-refractivity contribution in [3.8, 4) is 46.0 Å². The Hall–Kier alpha value is -7.16. The summed E-state index contributed by atoms with van der Waals surface area (Å²) in [6.07, 6.45) is 12.0. The molecule has 3 fully saturated rings. The topological polar surface area (TPSA) is 241 Å². The molecule has 3 heterocycles. The van der Waals surface area contributed by atoms with Crippen molar-refractivity contribution in [2.24, 2.45) is 0 Å². The van der Waals surface area contributed by atoms with Crippen molar-refractivity contribution in [3.63, 3.8) is 0 Å². The maximum absolute atomic E-state index is 13.9. The van der Waals surface area contributed by atoms with Gasteiger partial charge >= 0.3 is 0 Å². The molecule has 22 nitrogen and oxygen atoms in total. The van der Waals surface area contributed by atoms with E-state index in [0.717, 1.165) is 59.8 Å². The van der Waals surface area contributed by atoms with E-state index >= 15 is 0 Å². The molecule has 4 aromatic carbocycles. The average Bonchev–Trinajstić information content (AvgIpc) is 1.23. The number of benzene rings is 4. The van der Waals surface area contributed by atoms with Crippen LogP contribution in [0.2, 0.25) is 0 Å². The Morgan fingerprint density at radius 2 is 0.804 bits per heavy atom. The van der Waals surface area contributed by atoms with Gasteiger partial charge in [0.2, 0.25) is 11.8 Å². The number of nitrogens with zero attached hydrogens (tertiary/aromatic N) is 6. The van der Waals surface area contributed by atoms with Crippen molar-refractivity contribution in [1.29, 1.82) is 0 Å². The van der Waals surface area contributed by atoms with Crippen molar-refractivity contribution in [2.45, 2.75) is 100 Å². The Balaban J connectivity index is 0.812. The SMILES string of the molecule is CCSC(SCC)[C@@H]1CCCN1C(=O)c1cc(OC)c(OCCCCOc2ccc(/C=C/C(=O)N3CCN(C(=O)/C=C/c4ccc(OCCCCOc5cc([N+](=O)[O-])c(C(=O)N6CCC[C@H]6C(SCC)SCC)cc5OC)c(OC)c4)CC3)cc2OC)cc1[N+](=O)[O-]. The van der Waals surface area contributed by atoms with Crippen molar-refractivity contribution in [1.82, 2.24) is 19.6 Å². The molecule has 92 heavy (non-hydrogen) atoms. The number of nitro benzene ring substituents is 2. The number of thioether (sulfide) groups is 4. The summed E-state index contributed by atoms with van der Waals surface area (Å²) >= 11 is 7.20. The van der Waals surface area contributed by atoms with E-state index in [1.54, 1.807) is 103 Å². The van der Waals surface area contributed by atoms with Gasteiger partial charge in [-0.2, -0.15) is 0 Å². The first-order valence-electron chi connectivity index (χ1n) is 31.2. The summed E-state index contributed by atoms with van der Waals surface area (Å²) < 4.78 is 46.8. The van der Waals surface area contributed by atoms with E-state index in [-0.39, 0.29) is 104 Å². The van der Waals surface area contributed by atoms with Crippen LogP contribution in [0.5, 0.6) is 46.0 Å². The van der Waals surface area contributed by atoms with E-state index in [1.807, 2.05) is 12.1 Å². The van der Waals surface area contributed by atoms with Crippen molar-refractivity contribution in [2.75, 3.05) is 117 Å². The minimum Gasteiger partial charge on any atom is -0.493 e. The number of hydrogen-bond acceptors (Lipinski definition) is 20. The molecule has 0 radical (unpaired) electrons. The number of carbonyl (C=O) groups excluding carboxylic acids is 4. The zero-order valence-electron chi connectivity index (χ0n) is 53.8. The first-order chi connectivity index (χ1) is 44.6. The number of ether oxygens (including phenoxy) is 8. The smallest absolute Gasteiger partial charge is 0.286 e. The van der Waals surface area contributed by atoms with Crippen molar-refractivity contribution >= 4 is 94.2 Å². The van der Waals surface area contributed by atoms with Gasteiger partial charge in [0.15, 0.2) is 46.0 Å². The van der Waals surface area contributed by atoms with Crippen LogP contribution in [-0.2, 0) is 9.59 Å². The summed E-state index contributed by atoms with van der Waals surface area (Å²) in [5.74, 6) is 5.31. The minimum absolute atomic E-state index is 0.0180. The number of rotatable bonds is 36. The highest BCUT2D eigenvalue weighted by Gasteiger charge is 2.40. The van der Waals surface area contributed by atoms with E-state index in [1.165, 1.54) is 64.9 Å². The van der Waals surface area contributed by atoms with Gasteiger partial charge in [0, 0.05) is 63.6 Å². The third-order valence-corrected chi connectivity index (χ3v) is 21.3. The molecule has 3 aliphatic heterocycles. The molecule has 0 aromatic heterocycles. The summed E-state index contributed by atoms with van der Waals surface area (Å²) in [5, 5.41) is 24.6. The number of carbonyl (C=O) groups is 4. The van der Waals surface area contributed by atoms with Crippen LogP contribution in [0.3, 0.4) is 0 Å². The van der Waals surface area contributed by atoms with Gasteiger partial charge in [-0.3, -0.25) is 39.4 Å². The number of amides is 4. The maximum atomic E-state index is 13.9. The average molecular weight is 1350 g/mol. The second kappa shape index (κ2) is 36.9. The number of methoxy groups -OCH3 is 4. The predicted molar refractivity (Wildman–Crippen MR) is 365 cm³/mol. The lowest BCUT2D eigenvalue weighted by Crippen LogP contribution is -2.49. The van der Waals surface area contributed by atoms with Crippen molar-refractivity contribution in [3.05, 3.63) is 115 Å². The van der Waals surface area contributed by atoms with Gasteiger partial charge in [-0.15, -0.1) is 47.0 Å². The van der Waals surface area contributed by atoms with Crippen LogP contribution in [0.4, 0.5) is 11.4 Å². The summed E-state index contributed by atoms with van der Waals surface area (Å²) in [4.78, 5) is 85.0. The molecule has 0 unspecified atom stereocenters. The quantitative estimate of drug-likeness (QED) is 0.0135. The number of unbranched alkanes of at least 4 members (excludes halogenated alkanes) is 2. The third-order valence-electron chi connectivity index (χ3n) is 15.7. The molecule has 0 saturated carbocycles. The zero-order valence-corrected chi connectivity index (χ0v) is 57.1. The van der Waals surface area contributed by atoms with Crippen molar-refractivity contribution < 1.29 is 66.9 Å². The molecule has 4 amide bonds. The molecule has 4 aromatic rings. The summed E-state index contributed by atoms with van der Waals surface area (Å²) in [6, 6.07) is 16.1. The van der Waals surface area contributed by atoms with Crippen LogP contribution >= 0.6 is 47.0 Å². The van der Waals surface area contributed by atoms with Crippen LogP contribution < -0.4 is 37.9 Å². The number of piperazine rings is 1. The minimum atomic E-state index is -0.548. The molecule has 26 heteroatoms. The second-order valence-corrected chi connectivity index (χ2v) is 27.7. The van der Waals surface area contributed by atoms with Gasteiger partial charge in [-0.05, 0) is 122 Å². The second-order valence-electron chi connectivity index (χ2n) is 21.5. The summed E-state index contributed by atoms with van der Waals surface area (Å²) in [7, 11) is 5.95. The molecular formula is C66H86N6O16S4. The largest absolute Gasteiger partial charge is 0.493 e.